The van der Waals surface area contributed by atoms with E-state index < -0.39 is 12.1 Å². The van der Waals surface area contributed by atoms with Gasteiger partial charge >= 0.3 is 12.1 Å². The summed E-state index contributed by atoms with van der Waals surface area (Å²) in [6.07, 6.45) is -1.39. The second kappa shape index (κ2) is 11.8. The molecule has 1 atom stereocenters. The molecule has 15 heteroatoms. The number of tetrazole rings is 1. The molecule has 3 heterocycles. The van der Waals surface area contributed by atoms with Crippen LogP contribution in [0.1, 0.15) is 30.4 Å². The smallest absolute Gasteiger partial charge is 0.492 e. The van der Waals surface area contributed by atoms with E-state index >= 15 is 0 Å². The largest absolute Gasteiger partial charge is 0.497 e. The maximum Gasteiger partial charge on any atom is 0.492 e. The molecular weight excluding hydrogens is 527 g/mol. The highest BCUT2D eigenvalue weighted by Crippen LogP contribution is 2.30. The zero-order valence-electron chi connectivity index (χ0n) is 20.5. The van der Waals surface area contributed by atoms with Crippen molar-refractivity contribution in [3.8, 4) is 5.75 Å². The van der Waals surface area contributed by atoms with Crippen molar-refractivity contribution >= 4 is 28.9 Å². The molecule has 0 N–H and O–H groups in total. The monoisotopic (exact) mass is 551 g/mol. The van der Waals surface area contributed by atoms with Crippen molar-refractivity contribution in [2.75, 3.05) is 20.2 Å². The molecule has 38 heavy (non-hydrogen) atoms. The van der Waals surface area contributed by atoms with Gasteiger partial charge in [-0.05, 0) is 47.0 Å². The van der Waals surface area contributed by atoms with E-state index in [9.17, 15) is 22.8 Å². The summed E-state index contributed by atoms with van der Waals surface area (Å²) in [4.78, 5) is 28.9. The maximum atomic E-state index is 12.6. The maximum absolute atomic E-state index is 12.6. The lowest BCUT2D eigenvalue weighted by Crippen LogP contribution is -2.41. The first-order valence-corrected chi connectivity index (χ1v) is 12.3. The number of hydroxylamine groups is 2. The summed E-state index contributed by atoms with van der Waals surface area (Å²) in [6, 6.07) is 9.22. The minimum atomic E-state index is -5.10. The fraction of sp³-hybridized carbons (Fsp3) is 0.391. The second-order valence-corrected chi connectivity index (χ2v) is 9.75. The van der Waals surface area contributed by atoms with Crippen LogP contribution < -0.4 is 4.74 Å². The number of methoxy groups -OCH3 is 1. The highest BCUT2D eigenvalue weighted by atomic mass is 32.2. The van der Waals surface area contributed by atoms with Crippen molar-refractivity contribution in [1.82, 2.24) is 35.1 Å². The number of ether oxygens (including phenoxy) is 1. The molecule has 1 fully saturated rings. The lowest BCUT2D eigenvalue weighted by Gasteiger charge is -2.32. The number of alkyl halides is 3. The van der Waals surface area contributed by atoms with Crippen molar-refractivity contribution < 1.29 is 32.3 Å². The van der Waals surface area contributed by atoms with Crippen LogP contribution in [0.15, 0.2) is 42.1 Å². The summed E-state index contributed by atoms with van der Waals surface area (Å²) < 4.78 is 44.6. The highest BCUT2D eigenvalue weighted by Gasteiger charge is 2.43. The first-order chi connectivity index (χ1) is 18.1. The molecule has 202 valence electrons. The SMILES string of the molecule is COc1ccc(Cn2nnc(Cn3ccc(/C=C4\CN(OC(=O)C(F)(F)F)CCC4SC(C)=O)n3)n2)cc1. The Balaban J connectivity index is 1.42. The van der Waals surface area contributed by atoms with Crippen molar-refractivity contribution in [2.24, 2.45) is 0 Å². The minimum absolute atomic E-state index is 0.0659. The lowest BCUT2D eigenvalue weighted by atomic mass is 10.0. The van der Waals surface area contributed by atoms with Crippen LogP contribution in [0.3, 0.4) is 0 Å². The standard InChI is InChI=1S/C23H24F3N7O4S/c1-15(34)38-20-8-10-32(37-22(35)23(24,25)26)13-17(20)11-18-7-9-31(28-18)14-21-27-30-33(29-21)12-16-3-5-19(36-2)6-4-16/h3-7,9,11,20H,8,10,12-14H2,1-2H3/b17-11+. The van der Waals surface area contributed by atoms with Gasteiger partial charge in [-0.3, -0.25) is 9.48 Å². The topological polar surface area (TPSA) is 117 Å². The van der Waals surface area contributed by atoms with E-state index in [1.807, 2.05) is 24.3 Å². The predicted molar refractivity (Wildman–Crippen MR) is 130 cm³/mol. The molecule has 1 aromatic carbocycles. The Morgan fingerprint density at radius 3 is 2.61 bits per heavy atom. The van der Waals surface area contributed by atoms with Gasteiger partial charge in [-0.2, -0.15) is 23.1 Å². The molecule has 2 aromatic heterocycles. The minimum Gasteiger partial charge on any atom is -0.497 e. The van der Waals surface area contributed by atoms with Crippen LogP contribution in [-0.2, 0) is 27.5 Å². The van der Waals surface area contributed by atoms with Gasteiger partial charge in [0.15, 0.2) is 10.9 Å². The molecule has 0 saturated carbocycles. The molecule has 0 bridgehead atoms. The number of carbonyl (C=O) groups excluding carboxylic acids is 2. The summed E-state index contributed by atoms with van der Waals surface area (Å²) in [6.45, 7) is 2.07. The van der Waals surface area contributed by atoms with Crippen LogP contribution in [-0.4, -0.2) is 77.8 Å². The highest BCUT2D eigenvalue weighted by molar-refractivity contribution is 8.14. The molecule has 1 unspecified atom stereocenters. The number of hydrogen-bond donors (Lipinski definition) is 0. The van der Waals surface area contributed by atoms with Gasteiger partial charge in [0.05, 0.1) is 25.9 Å². The Morgan fingerprint density at radius 2 is 1.92 bits per heavy atom. The van der Waals surface area contributed by atoms with Crippen molar-refractivity contribution in [3.05, 3.63) is 59.2 Å². The number of rotatable bonds is 8. The molecular formula is C23H24F3N7O4S. The van der Waals surface area contributed by atoms with Crippen LogP contribution in [0.4, 0.5) is 13.2 Å². The first-order valence-electron chi connectivity index (χ1n) is 11.4. The van der Waals surface area contributed by atoms with E-state index in [4.69, 9.17) is 4.74 Å². The molecule has 11 nitrogen and oxygen atoms in total. The van der Waals surface area contributed by atoms with Crippen molar-refractivity contribution in [1.29, 1.82) is 0 Å². The number of piperidine rings is 1. The van der Waals surface area contributed by atoms with Gasteiger partial charge in [0.2, 0.25) is 0 Å². The first kappa shape index (κ1) is 27.3. The number of carbonyl (C=O) groups is 2. The summed E-state index contributed by atoms with van der Waals surface area (Å²) in [7, 11) is 1.60. The normalized spacial score (nSPS) is 17.5. The third-order valence-electron chi connectivity index (χ3n) is 5.44. The zero-order valence-corrected chi connectivity index (χ0v) is 21.3. The predicted octanol–water partition coefficient (Wildman–Crippen LogP) is 2.73. The third-order valence-corrected chi connectivity index (χ3v) is 6.60. The average Bonchev–Trinajstić information content (AvgIpc) is 3.49. The van der Waals surface area contributed by atoms with E-state index in [1.165, 1.54) is 11.7 Å². The average molecular weight is 552 g/mol. The molecule has 1 aliphatic heterocycles. The van der Waals surface area contributed by atoms with Gasteiger partial charge in [0, 0.05) is 24.9 Å². The van der Waals surface area contributed by atoms with Crippen LogP contribution in [0.25, 0.3) is 6.08 Å². The number of aromatic nitrogens is 6. The quantitative estimate of drug-likeness (QED) is 0.414. The number of thioether (sulfide) groups is 1. The van der Waals surface area contributed by atoms with Crippen molar-refractivity contribution in [2.45, 2.75) is 37.9 Å². The van der Waals surface area contributed by atoms with E-state index in [1.54, 1.807) is 30.1 Å². The van der Waals surface area contributed by atoms with Gasteiger partial charge in [-0.15, -0.1) is 15.3 Å². The number of benzene rings is 1. The number of nitrogens with zero attached hydrogens (tertiary/aromatic N) is 7. The Labute approximate surface area is 219 Å². The molecule has 4 rings (SSSR count). The Kier molecular flexibility index (Phi) is 8.46. The van der Waals surface area contributed by atoms with Gasteiger partial charge in [-0.1, -0.05) is 23.9 Å². The summed E-state index contributed by atoms with van der Waals surface area (Å²) >= 11 is 1.07. The van der Waals surface area contributed by atoms with Gasteiger partial charge in [-0.25, -0.2) is 4.79 Å². The fourth-order valence-electron chi connectivity index (χ4n) is 3.73. The lowest BCUT2D eigenvalue weighted by molar-refractivity contribution is -0.238. The summed E-state index contributed by atoms with van der Waals surface area (Å²) in [5.74, 6) is -1.10. The molecule has 1 aliphatic rings. The molecule has 0 spiro atoms. The zero-order chi connectivity index (χ0) is 27.3. The Morgan fingerprint density at radius 1 is 1.16 bits per heavy atom. The summed E-state index contributed by atoms with van der Waals surface area (Å²) in [5.41, 5.74) is 2.10. The second-order valence-electron chi connectivity index (χ2n) is 8.37. The molecule has 0 aliphatic carbocycles. The third kappa shape index (κ3) is 7.41. The fourth-order valence-corrected chi connectivity index (χ4v) is 4.65. The summed E-state index contributed by atoms with van der Waals surface area (Å²) in [5, 5.41) is 17.5. The van der Waals surface area contributed by atoms with E-state index in [2.05, 4.69) is 25.3 Å². The number of halogens is 3. The Hall–Kier alpha value is -3.72. The van der Waals surface area contributed by atoms with Gasteiger partial charge < -0.3 is 9.57 Å². The van der Waals surface area contributed by atoms with Crippen molar-refractivity contribution in [3.63, 3.8) is 0 Å². The van der Waals surface area contributed by atoms with E-state index in [-0.39, 0.29) is 30.0 Å². The van der Waals surface area contributed by atoms with Gasteiger partial charge in [0.1, 0.15) is 12.3 Å². The number of hydrogen-bond acceptors (Lipinski definition) is 10. The molecule has 3 aromatic rings. The van der Waals surface area contributed by atoms with E-state index in [0.29, 0.717) is 30.1 Å². The Bertz CT molecular complexity index is 1310. The molecule has 0 amide bonds. The van der Waals surface area contributed by atoms with E-state index in [0.717, 1.165) is 28.1 Å². The van der Waals surface area contributed by atoms with Gasteiger partial charge in [0.25, 0.3) is 0 Å². The van der Waals surface area contributed by atoms with Crippen LogP contribution in [0.5, 0.6) is 5.75 Å². The van der Waals surface area contributed by atoms with Crippen LogP contribution in [0, 0.1) is 0 Å². The van der Waals surface area contributed by atoms with Crippen LogP contribution in [0.2, 0.25) is 0 Å². The molecule has 1 saturated heterocycles. The van der Waals surface area contributed by atoms with Crippen LogP contribution >= 0.6 is 11.8 Å². The molecule has 0 radical (unpaired) electrons.